The van der Waals surface area contributed by atoms with Gasteiger partial charge in [0.2, 0.25) is 5.91 Å². The topological polar surface area (TPSA) is 79.7 Å². The van der Waals surface area contributed by atoms with Crippen LogP contribution in [0.3, 0.4) is 0 Å². The summed E-state index contributed by atoms with van der Waals surface area (Å²) in [6, 6.07) is 3.23. The highest BCUT2D eigenvalue weighted by Gasteiger charge is 2.28. The van der Waals surface area contributed by atoms with Crippen LogP contribution in [0.4, 0.5) is 0 Å². The number of aliphatic carboxylic acids is 1. The second-order valence-corrected chi connectivity index (χ2v) is 4.45. The maximum atomic E-state index is 12.2. The molecule has 1 aromatic heterocycles. The average molecular weight is 264 g/mol. The fourth-order valence-electron chi connectivity index (χ4n) is 2.13. The molecular weight excluding hydrogens is 248 g/mol. The Labute approximate surface area is 111 Å². The Bertz CT molecular complexity index is 449. The van der Waals surface area contributed by atoms with Gasteiger partial charge in [0.05, 0.1) is 32.1 Å². The van der Waals surface area contributed by atoms with Gasteiger partial charge in [0.25, 0.3) is 0 Å². The van der Waals surface area contributed by atoms with Crippen molar-refractivity contribution in [3.05, 3.63) is 30.1 Å². The van der Waals surface area contributed by atoms with Crippen LogP contribution in [0.15, 0.2) is 24.5 Å². The van der Waals surface area contributed by atoms with Crippen molar-refractivity contribution in [3.63, 3.8) is 0 Å². The Kier molecular flexibility index (Phi) is 4.46. The van der Waals surface area contributed by atoms with E-state index in [1.165, 1.54) is 0 Å². The summed E-state index contributed by atoms with van der Waals surface area (Å²) in [4.78, 5) is 28.6. The van der Waals surface area contributed by atoms with Gasteiger partial charge in [-0.25, -0.2) is 0 Å². The first-order chi connectivity index (χ1) is 9.16. The van der Waals surface area contributed by atoms with E-state index < -0.39 is 5.97 Å². The summed E-state index contributed by atoms with van der Waals surface area (Å²) in [7, 11) is 0. The zero-order valence-electron chi connectivity index (χ0n) is 10.5. The van der Waals surface area contributed by atoms with E-state index >= 15 is 0 Å². The Morgan fingerprint density at radius 3 is 3.05 bits per heavy atom. The smallest absolute Gasteiger partial charge is 0.305 e. The molecule has 0 bridgehead atoms. The molecular formula is C13H16N2O4. The van der Waals surface area contributed by atoms with E-state index in [4.69, 9.17) is 9.84 Å². The molecule has 0 saturated carbocycles. The Balaban J connectivity index is 2.01. The van der Waals surface area contributed by atoms with E-state index in [-0.39, 0.29) is 31.4 Å². The zero-order valence-corrected chi connectivity index (χ0v) is 10.5. The third-order valence-electron chi connectivity index (χ3n) is 3.04. The number of carboxylic acids is 1. The summed E-state index contributed by atoms with van der Waals surface area (Å²) in [5.41, 5.74) is 0.827. The van der Waals surface area contributed by atoms with Crippen molar-refractivity contribution in [1.82, 2.24) is 9.88 Å². The van der Waals surface area contributed by atoms with Crippen LogP contribution in [0, 0.1) is 0 Å². The molecule has 1 atom stereocenters. The second kappa shape index (κ2) is 6.29. The van der Waals surface area contributed by atoms with Crippen molar-refractivity contribution in [2.24, 2.45) is 0 Å². The van der Waals surface area contributed by atoms with E-state index in [0.717, 1.165) is 5.56 Å². The number of rotatable bonds is 4. The minimum atomic E-state index is -0.922. The summed E-state index contributed by atoms with van der Waals surface area (Å²) in [6.07, 6.45) is 3.45. The fraction of sp³-hybridized carbons (Fsp3) is 0.462. The summed E-state index contributed by atoms with van der Waals surface area (Å²) in [6.45, 7) is 1.18. The van der Waals surface area contributed by atoms with Gasteiger partial charge in [0.15, 0.2) is 0 Å². The fourth-order valence-corrected chi connectivity index (χ4v) is 2.13. The normalized spacial score (nSPS) is 19.2. The van der Waals surface area contributed by atoms with Crippen molar-refractivity contribution in [2.45, 2.75) is 18.9 Å². The monoisotopic (exact) mass is 264 g/mol. The lowest BCUT2D eigenvalue weighted by atomic mass is 10.1. The van der Waals surface area contributed by atoms with Gasteiger partial charge in [-0.3, -0.25) is 14.6 Å². The Hall–Kier alpha value is -1.95. The van der Waals surface area contributed by atoms with E-state index in [0.29, 0.717) is 13.2 Å². The Morgan fingerprint density at radius 1 is 1.53 bits per heavy atom. The number of nitrogens with zero attached hydrogens (tertiary/aromatic N) is 2. The van der Waals surface area contributed by atoms with Crippen molar-refractivity contribution in [2.75, 3.05) is 19.8 Å². The molecule has 0 radical (unpaired) electrons. The molecule has 2 rings (SSSR count). The molecule has 1 amide bonds. The number of pyridine rings is 1. The number of hydrogen-bond acceptors (Lipinski definition) is 4. The summed E-state index contributed by atoms with van der Waals surface area (Å²) in [5, 5.41) is 8.85. The first-order valence-electron chi connectivity index (χ1n) is 6.14. The van der Waals surface area contributed by atoms with Crippen molar-refractivity contribution in [1.29, 1.82) is 0 Å². The largest absolute Gasteiger partial charge is 0.481 e. The van der Waals surface area contributed by atoms with E-state index in [9.17, 15) is 9.59 Å². The number of carbonyl (C=O) groups excluding carboxylic acids is 1. The van der Waals surface area contributed by atoms with Gasteiger partial charge in [0, 0.05) is 18.9 Å². The zero-order chi connectivity index (χ0) is 13.7. The highest BCUT2D eigenvalue weighted by atomic mass is 16.5. The summed E-state index contributed by atoms with van der Waals surface area (Å²) in [5.74, 6) is -1.00. The van der Waals surface area contributed by atoms with Crippen molar-refractivity contribution in [3.8, 4) is 0 Å². The standard InChI is InChI=1S/C13H16N2O4/c16-12(6-10-2-1-3-14-8-10)15-4-5-19-9-11(15)7-13(17)18/h1-3,8,11H,4-7,9H2,(H,17,18)/t11-/m0/s1. The lowest BCUT2D eigenvalue weighted by molar-refractivity contribution is -0.145. The molecule has 0 unspecified atom stereocenters. The summed E-state index contributed by atoms with van der Waals surface area (Å²) >= 11 is 0. The van der Waals surface area contributed by atoms with Gasteiger partial charge in [-0.2, -0.15) is 0 Å². The number of ether oxygens (including phenoxy) is 1. The maximum absolute atomic E-state index is 12.2. The predicted octanol–water partition coefficient (Wildman–Crippen LogP) is 0.326. The van der Waals surface area contributed by atoms with Crippen LogP contribution < -0.4 is 0 Å². The molecule has 1 saturated heterocycles. The molecule has 6 heteroatoms. The molecule has 0 aromatic carbocycles. The molecule has 19 heavy (non-hydrogen) atoms. The second-order valence-electron chi connectivity index (χ2n) is 4.45. The van der Waals surface area contributed by atoms with Gasteiger partial charge in [-0.1, -0.05) is 6.07 Å². The Morgan fingerprint density at radius 2 is 2.37 bits per heavy atom. The maximum Gasteiger partial charge on any atom is 0.305 e. The van der Waals surface area contributed by atoms with Crippen LogP contribution in [-0.4, -0.2) is 52.7 Å². The van der Waals surface area contributed by atoms with Gasteiger partial charge < -0.3 is 14.7 Å². The van der Waals surface area contributed by atoms with E-state index in [1.54, 1.807) is 23.4 Å². The van der Waals surface area contributed by atoms with Crippen LogP contribution in [0.5, 0.6) is 0 Å². The predicted molar refractivity (Wildman–Crippen MR) is 66.5 cm³/mol. The molecule has 102 valence electrons. The van der Waals surface area contributed by atoms with Gasteiger partial charge in [-0.05, 0) is 11.6 Å². The number of hydrogen-bond donors (Lipinski definition) is 1. The molecule has 2 heterocycles. The first kappa shape index (κ1) is 13.5. The van der Waals surface area contributed by atoms with Gasteiger partial charge >= 0.3 is 5.97 Å². The third kappa shape index (κ3) is 3.75. The molecule has 1 aliphatic heterocycles. The minimum absolute atomic E-state index is 0.0810. The van der Waals surface area contributed by atoms with E-state index in [1.807, 2.05) is 6.07 Å². The molecule has 0 aliphatic carbocycles. The van der Waals surface area contributed by atoms with Gasteiger partial charge in [-0.15, -0.1) is 0 Å². The van der Waals surface area contributed by atoms with Crippen molar-refractivity contribution >= 4 is 11.9 Å². The highest BCUT2D eigenvalue weighted by molar-refractivity contribution is 5.80. The lowest BCUT2D eigenvalue weighted by Gasteiger charge is -2.34. The van der Waals surface area contributed by atoms with E-state index in [2.05, 4.69) is 4.98 Å². The van der Waals surface area contributed by atoms with Crippen LogP contribution in [0.2, 0.25) is 0 Å². The first-order valence-corrected chi connectivity index (χ1v) is 6.14. The molecule has 1 aliphatic rings. The average Bonchev–Trinajstić information content (AvgIpc) is 2.39. The number of amides is 1. The molecule has 0 spiro atoms. The molecule has 1 N–H and O–H groups in total. The quantitative estimate of drug-likeness (QED) is 0.847. The van der Waals surface area contributed by atoms with Crippen LogP contribution in [-0.2, 0) is 20.7 Å². The third-order valence-corrected chi connectivity index (χ3v) is 3.04. The molecule has 6 nitrogen and oxygen atoms in total. The lowest BCUT2D eigenvalue weighted by Crippen LogP contribution is -2.50. The molecule has 1 aromatic rings. The SMILES string of the molecule is O=C(O)C[C@H]1COCCN1C(=O)Cc1cccnc1. The van der Waals surface area contributed by atoms with Crippen LogP contribution >= 0.6 is 0 Å². The number of aromatic nitrogens is 1. The summed E-state index contributed by atoms with van der Waals surface area (Å²) < 4.78 is 5.24. The van der Waals surface area contributed by atoms with Crippen LogP contribution in [0.25, 0.3) is 0 Å². The number of carbonyl (C=O) groups is 2. The van der Waals surface area contributed by atoms with Gasteiger partial charge in [0.1, 0.15) is 0 Å². The molecule has 1 fully saturated rings. The van der Waals surface area contributed by atoms with Crippen LogP contribution in [0.1, 0.15) is 12.0 Å². The number of morpholine rings is 1. The number of carboxylic acid groups (broad SMARTS) is 1. The van der Waals surface area contributed by atoms with Crippen molar-refractivity contribution < 1.29 is 19.4 Å². The minimum Gasteiger partial charge on any atom is -0.481 e. The highest BCUT2D eigenvalue weighted by Crippen LogP contribution is 2.13.